The summed E-state index contributed by atoms with van der Waals surface area (Å²) in [5.41, 5.74) is 2.04. The van der Waals surface area contributed by atoms with Crippen LogP contribution < -0.4 is 5.32 Å². The van der Waals surface area contributed by atoms with Gasteiger partial charge in [0.05, 0.1) is 11.3 Å². The molecule has 2 heterocycles. The zero-order valence-corrected chi connectivity index (χ0v) is 11.1. The van der Waals surface area contributed by atoms with Crippen molar-refractivity contribution < 1.29 is 8.42 Å². The van der Waals surface area contributed by atoms with Gasteiger partial charge in [0.15, 0.2) is 9.84 Å². The zero-order valence-electron chi connectivity index (χ0n) is 10.3. The second-order valence-corrected chi connectivity index (χ2v) is 6.57. The van der Waals surface area contributed by atoms with Crippen LogP contribution in [0.5, 0.6) is 0 Å². The van der Waals surface area contributed by atoms with Crippen molar-refractivity contribution in [2.24, 2.45) is 0 Å². The molecule has 19 heavy (non-hydrogen) atoms. The number of fused-ring (bicyclic) bond motifs is 1. The van der Waals surface area contributed by atoms with Crippen LogP contribution in [0.4, 0.5) is 0 Å². The molecular formula is C14H14N2O2S. The molecule has 0 amide bonds. The monoisotopic (exact) mass is 274 g/mol. The standard InChI is InChI=1S/C14H14N2O2S/c17-19(18)8-6-13(10-19)16-9-12-4-1-3-11-5-2-7-15-14(11)12/h1-8,13,16H,9-10H2. The van der Waals surface area contributed by atoms with Crippen molar-refractivity contribution in [1.29, 1.82) is 0 Å². The Morgan fingerprint density at radius 3 is 2.89 bits per heavy atom. The highest BCUT2D eigenvalue weighted by Gasteiger charge is 2.21. The van der Waals surface area contributed by atoms with Crippen molar-refractivity contribution in [3.8, 4) is 0 Å². The highest BCUT2D eigenvalue weighted by molar-refractivity contribution is 7.94. The van der Waals surface area contributed by atoms with E-state index in [2.05, 4.69) is 10.3 Å². The molecule has 0 saturated carbocycles. The third kappa shape index (κ3) is 2.67. The smallest absolute Gasteiger partial charge is 0.173 e. The van der Waals surface area contributed by atoms with E-state index < -0.39 is 9.84 Å². The topological polar surface area (TPSA) is 59.1 Å². The number of hydrogen-bond donors (Lipinski definition) is 1. The summed E-state index contributed by atoms with van der Waals surface area (Å²) in [5.74, 6) is 0.144. The molecule has 1 aromatic carbocycles. The number of rotatable bonds is 3. The third-order valence-electron chi connectivity index (χ3n) is 3.20. The second kappa shape index (κ2) is 4.75. The first kappa shape index (κ1) is 12.3. The van der Waals surface area contributed by atoms with Crippen molar-refractivity contribution in [2.75, 3.05) is 5.75 Å². The van der Waals surface area contributed by atoms with E-state index in [9.17, 15) is 8.42 Å². The van der Waals surface area contributed by atoms with Crippen LogP contribution in [0.1, 0.15) is 5.56 Å². The minimum absolute atomic E-state index is 0.107. The number of nitrogens with one attached hydrogen (secondary N) is 1. The van der Waals surface area contributed by atoms with Gasteiger partial charge in [0.25, 0.3) is 0 Å². The first-order chi connectivity index (χ1) is 9.14. The van der Waals surface area contributed by atoms with Crippen molar-refractivity contribution in [1.82, 2.24) is 10.3 Å². The Balaban J connectivity index is 1.78. The molecule has 1 unspecified atom stereocenters. The van der Waals surface area contributed by atoms with Gasteiger partial charge in [0.1, 0.15) is 0 Å². The third-order valence-corrected chi connectivity index (χ3v) is 4.60. The summed E-state index contributed by atoms with van der Waals surface area (Å²) in [4.78, 5) is 4.38. The maximum Gasteiger partial charge on any atom is 0.173 e. The van der Waals surface area contributed by atoms with Crippen LogP contribution in [0.15, 0.2) is 48.0 Å². The summed E-state index contributed by atoms with van der Waals surface area (Å²) in [6.45, 7) is 0.610. The molecule has 2 aromatic rings. The van der Waals surface area contributed by atoms with Crippen molar-refractivity contribution in [2.45, 2.75) is 12.6 Å². The Morgan fingerprint density at radius 1 is 1.26 bits per heavy atom. The van der Waals surface area contributed by atoms with E-state index in [1.807, 2.05) is 30.3 Å². The fraction of sp³-hybridized carbons (Fsp3) is 0.214. The number of sulfone groups is 1. The highest BCUT2D eigenvalue weighted by Crippen LogP contribution is 2.16. The van der Waals surface area contributed by atoms with Crippen LogP contribution in [0, 0.1) is 0 Å². The highest BCUT2D eigenvalue weighted by atomic mass is 32.2. The fourth-order valence-electron chi connectivity index (χ4n) is 2.25. The summed E-state index contributed by atoms with van der Waals surface area (Å²) in [6.07, 6.45) is 3.47. The van der Waals surface area contributed by atoms with Crippen LogP contribution in [-0.2, 0) is 16.4 Å². The number of hydrogen-bond acceptors (Lipinski definition) is 4. The average molecular weight is 274 g/mol. The van der Waals surface area contributed by atoms with E-state index in [1.165, 1.54) is 5.41 Å². The molecule has 4 nitrogen and oxygen atoms in total. The van der Waals surface area contributed by atoms with Gasteiger partial charge >= 0.3 is 0 Å². The molecule has 1 aliphatic heterocycles. The van der Waals surface area contributed by atoms with Gasteiger partial charge in [-0.05, 0) is 11.6 Å². The van der Waals surface area contributed by atoms with Gasteiger partial charge in [-0.2, -0.15) is 0 Å². The lowest BCUT2D eigenvalue weighted by atomic mass is 10.1. The van der Waals surface area contributed by atoms with E-state index in [1.54, 1.807) is 12.3 Å². The Hall–Kier alpha value is -1.72. The molecule has 1 N–H and O–H groups in total. The number of benzene rings is 1. The van der Waals surface area contributed by atoms with Crippen LogP contribution in [0.2, 0.25) is 0 Å². The van der Waals surface area contributed by atoms with E-state index in [-0.39, 0.29) is 11.8 Å². The lowest BCUT2D eigenvalue weighted by Gasteiger charge is -2.11. The van der Waals surface area contributed by atoms with Gasteiger partial charge in [-0.25, -0.2) is 8.42 Å². The number of pyridine rings is 1. The molecule has 0 radical (unpaired) electrons. The van der Waals surface area contributed by atoms with Crippen LogP contribution in [-0.4, -0.2) is 25.2 Å². The zero-order chi connectivity index (χ0) is 13.3. The summed E-state index contributed by atoms with van der Waals surface area (Å²) in [5, 5.41) is 5.62. The molecule has 0 spiro atoms. The van der Waals surface area contributed by atoms with Gasteiger partial charge in [-0.15, -0.1) is 0 Å². The molecule has 98 valence electrons. The number of para-hydroxylation sites is 1. The normalized spacial score (nSPS) is 20.9. The largest absolute Gasteiger partial charge is 0.305 e. The van der Waals surface area contributed by atoms with Crippen molar-refractivity contribution >= 4 is 20.7 Å². The molecule has 1 atom stereocenters. The second-order valence-electron chi connectivity index (χ2n) is 4.64. The van der Waals surface area contributed by atoms with Crippen LogP contribution in [0.25, 0.3) is 10.9 Å². The van der Waals surface area contributed by atoms with Crippen LogP contribution in [0.3, 0.4) is 0 Å². The number of aromatic nitrogens is 1. The molecule has 0 bridgehead atoms. The maximum atomic E-state index is 11.3. The Bertz CT molecular complexity index is 733. The lowest BCUT2D eigenvalue weighted by molar-refractivity contribution is 0.591. The first-order valence-electron chi connectivity index (χ1n) is 6.11. The predicted octanol–water partition coefficient (Wildman–Crippen LogP) is 1.64. The Kier molecular flexibility index (Phi) is 3.08. The lowest BCUT2D eigenvalue weighted by Crippen LogP contribution is -2.29. The number of nitrogens with zero attached hydrogens (tertiary/aromatic N) is 1. The van der Waals surface area contributed by atoms with Gasteiger partial charge in [0, 0.05) is 29.6 Å². The molecule has 0 fully saturated rings. The van der Waals surface area contributed by atoms with E-state index in [0.29, 0.717) is 6.54 Å². The molecule has 5 heteroatoms. The van der Waals surface area contributed by atoms with Gasteiger partial charge in [0.2, 0.25) is 0 Å². The van der Waals surface area contributed by atoms with E-state index >= 15 is 0 Å². The van der Waals surface area contributed by atoms with Crippen molar-refractivity contribution in [3.05, 3.63) is 53.6 Å². The van der Waals surface area contributed by atoms with E-state index in [4.69, 9.17) is 0 Å². The predicted molar refractivity (Wildman–Crippen MR) is 75.3 cm³/mol. The molecule has 3 rings (SSSR count). The summed E-state index contributed by atoms with van der Waals surface area (Å²) in [7, 11) is -3.00. The molecule has 1 aliphatic rings. The Labute approximate surface area is 112 Å². The first-order valence-corrected chi connectivity index (χ1v) is 7.82. The quantitative estimate of drug-likeness (QED) is 0.924. The minimum atomic E-state index is -3.00. The Morgan fingerprint density at radius 2 is 2.11 bits per heavy atom. The van der Waals surface area contributed by atoms with Crippen molar-refractivity contribution in [3.63, 3.8) is 0 Å². The summed E-state index contributed by atoms with van der Waals surface area (Å²) in [6, 6.07) is 9.84. The van der Waals surface area contributed by atoms with E-state index in [0.717, 1.165) is 16.5 Å². The molecule has 0 aliphatic carbocycles. The minimum Gasteiger partial charge on any atom is -0.305 e. The SMILES string of the molecule is O=S1(=O)C=CC(NCc2cccc3cccnc23)C1. The maximum absolute atomic E-state index is 11.3. The molecule has 0 saturated heterocycles. The summed E-state index contributed by atoms with van der Waals surface area (Å²) < 4.78 is 22.7. The fourth-order valence-corrected chi connectivity index (χ4v) is 3.52. The average Bonchev–Trinajstić information content (AvgIpc) is 2.76. The van der Waals surface area contributed by atoms with Crippen LogP contribution >= 0.6 is 0 Å². The van der Waals surface area contributed by atoms with Gasteiger partial charge < -0.3 is 5.32 Å². The van der Waals surface area contributed by atoms with Gasteiger partial charge in [-0.3, -0.25) is 4.98 Å². The summed E-state index contributed by atoms with van der Waals surface area (Å²) >= 11 is 0. The molecular weight excluding hydrogens is 260 g/mol. The van der Waals surface area contributed by atoms with Gasteiger partial charge in [-0.1, -0.05) is 30.3 Å². The molecule has 1 aromatic heterocycles.